The second kappa shape index (κ2) is 8.77. The molecule has 0 aliphatic heterocycles. The Kier molecular flexibility index (Phi) is 6.15. The van der Waals surface area contributed by atoms with Crippen molar-refractivity contribution in [2.45, 2.75) is 40.7 Å². The summed E-state index contributed by atoms with van der Waals surface area (Å²) in [6.45, 7) is 10.1. The average molecular weight is 406 g/mol. The topological polar surface area (TPSA) is 93.3 Å². The van der Waals surface area contributed by atoms with Crippen LogP contribution in [0.5, 0.6) is 0 Å². The van der Waals surface area contributed by atoms with Crippen molar-refractivity contribution in [3.05, 3.63) is 65.1 Å². The summed E-state index contributed by atoms with van der Waals surface area (Å²) in [6.07, 6.45) is 3.31. The van der Waals surface area contributed by atoms with Gasteiger partial charge < -0.3 is 9.88 Å². The molecular weight excluding hydrogens is 380 g/mol. The number of rotatable bonds is 5. The second-order valence-electron chi connectivity index (χ2n) is 7.41. The van der Waals surface area contributed by atoms with Crippen LogP contribution < -0.4 is 10.7 Å². The fourth-order valence-electron chi connectivity index (χ4n) is 3.19. The number of hydrogen-bond acceptors (Lipinski definition) is 4. The number of amides is 2. The van der Waals surface area contributed by atoms with Gasteiger partial charge in [0.25, 0.3) is 0 Å². The van der Waals surface area contributed by atoms with Crippen LogP contribution in [0.3, 0.4) is 0 Å². The maximum absolute atomic E-state index is 12.0. The van der Waals surface area contributed by atoms with Crippen molar-refractivity contribution >= 4 is 23.7 Å². The van der Waals surface area contributed by atoms with Crippen molar-refractivity contribution < 1.29 is 9.59 Å². The van der Waals surface area contributed by atoms with Gasteiger partial charge in [0.1, 0.15) is 5.82 Å². The van der Waals surface area contributed by atoms with Gasteiger partial charge in [-0.05, 0) is 52.8 Å². The molecule has 3 aromatic rings. The van der Waals surface area contributed by atoms with Crippen molar-refractivity contribution in [2.24, 2.45) is 5.10 Å². The lowest BCUT2D eigenvalue weighted by Gasteiger charge is -2.14. The highest BCUT2D eigenvalue weighted by Crippen LogP contribution is 2.21. The predicted octanol–water partition coefficient (Wildman–Crippen LogP) is 3.27. The largest absolute Gasteiger partial charge is 0.329 e. The van der Waals surface area contributed by atoms with Crippen LogP contribution in [0.2, 0.25) is 0 Å². The van der Waals surface area contributed by atoms with Crippen molar-refractivity contribution in [2.75, 3.05) is 5.32 Å². The molecular formula is C22H26N6O2. The molecule has 0 fully saturated rings. The highest BCUT2D eigenvalue weighted by Gasteiger charge is 2.15. The minimum atomic E-state index is -0.835. The van der Waals surface area contributed by atoms with Gasteiger partial charge in [-0.3, -0.25) is 9.59 Å². The fraction of sp³-hybridized carbons (Fsp3) is 0.273. The number of nitrogens with one attached hydrogen (secondary N) is 2. The van der Waals surface area contributed by atoms with Gasteiger partial charge in [-0.15, -0.1) is 0 Å². The number of hydrogen-bond donors (Lipinski definition) is 2. The van der Waals surface area contributed by atoms with E-state index in [0.29, 0.717) is 5.69 Å². The molecule has 2 N–H and O–H groups in total. The highest BCUT2D eigenvalue weighted by atomic mass is 16.2. The zero-order chi connectivity index (χ0) is 21.8. The van der Waals surface area contributed by atoms with E-state index < -0.39 is 11.8 Å². The molecule has 8 heteroatoms. The fourth-order valence-corrected chi connectivity index (χ4v) is 3.19. The molecule has 2 aromatic heterocycles. The predicted molar refractivity (Wildman–Crippen MR) is 117 cm³/mol. The average Bonchev–Trinajstić information content (AvgIpc) is 3.28. The lowest BCUT2D eigenvalue weighted by Crippen LogP contribution is -2.32. The van der Waals surface area contributed by atoms with Crippen LogP contribution in [0.15, 0.2) is 47.7 Å². The molecule has 30 heavy (non-hydrogen) atoms. The van der Waals surface area contributed by atoms with Crippen LogP contribution in [-0.2, 0) is 9.59 Å². The highest BCUT2D eigenvalue weighted by molar-refractivity contribution is 6.39. The normalized spacial score (nSPS) is 11.3. The number of nitrogens with zero attached hydrogens (tertiary/aromatic N) is 4. The van der Waals surface area contributed by atoms with E-state index in [9.17, 15) is 9.59 Å². The van der Waals surface area contributed by atoms with E-state index in [-0.39, 0.29) is 6.04 Å². The number of aromatic nitrogens is 3. The van der Waals surface area contributed by atoms with E-state index in [0.717, 1.165) is 28.3 Å². The zero-order valence-corrected chi connectivity index (χ0v) is 17.8. The van der Waals surface area contributed by atoms with Crippen LogP contribution in [0.1, 0.15) is 42.4 Å². The Bertz CT molecular complexity index is 1090. The molecule has 0 unspecified atom stereocenters. The first-order chi connectivity index (χ1) is 14.3. The SMILES string of the molecule is Cc1ccc(NC(=O)C(=O)N/N=C\c2cc(C)n(-c3ccnn3C(C)C)c2C)cc1. The Hall–Kier alpha value is -3.68. The summed E-state index contributed by atoms with van der Waals surface area (Å²) in [5, 5.41) is 10.9. The Morgan fingerprint density at radius 3 is 2.43 bits per heavy atom. The van der Waals surface area contributed by atoms with Gasteiger partial charge in [-0.25, -0.2) is 10.1 Å². The first-order valence-corrected chi connectivity index (χ1v) is 9.71. The van der Waals surface area contributed by atoms with Crippen LogP contribution in [0.4, 0.5) is 5.69 Å². The number of aryl methyl sites for hydroxylation is 2. The van der Waals surface area contributed by atoms with E-state index in [1.165, 1.54) is 6.21 Å². The summed E-state index contributed by atoms with van der Waals surface area (Å²) in [6, 6.07) is 11.3. The molecule has 0 bridgehead atoms. The summed E-state index contributed by atoms with van der Waals surface area (Å²) in [7, 11) is 0. The molecule has 0 saturated heterocycles. The summed E-state index contributed by atoms with van der Waals surface area (Å²) < 4.78 is 4.03. The molecule has 0 aliphatic rings. The molecule has 2 amide bonds. The lowest BCUT2D eigenvalue weighted by molar-refractivity contribution is -0.136. The van der Waals surface area contributed by atoms with E-state index in [4.69, 9.17) is 0 Å². The molecule has 0 atom stereocenters. The van der Waals surface area contributed by atoms with Crippen LogP contribution >= 0.6 is 0 Å². The van der Waals surface area contributed by atoms with Gasteiger partial charge in [-0.2, -0.15) is 10.2 Å². The second-order valence-corrected chi connectivity index (χ2v) is 7.41. The molecule has 0 spiro atoms. The molecule has 8 nitrogen and oxygen atoms in total. The van der Waals surface area contributed by atoms with Gasteiger partial charge in [0.15, 0.2) is 0 Å². The summed E-state index contributed by atoms with van der Waals surface area (Å²) in [5.74, 6) is -0.651. The minimum absolute atomic E-state index is 0.222. The quantitative estimate of drug-likeness (QED) is 0.387. The molecule has 156 valence electrons. The Morgan fingerprint density at radius 2 is 1.77 bits per heavy atom. The number of carbonyl (C=O) groups is 2. The third-order valence-electron chi connectivity index (χ3n) is 4.72. The van der Waals surface area contributed by atoms with Gasteiger partial charge in [0.2, 0.25) is 0 Å². The van der Waals surface area contributed by atoms with Crippen molar-refractivity contribution in [3.63, 3.8) is 0 Å². The summed E-state index contributed by atoms with van der Waals surface area (Å²) in [5.41, 5.74) is 6.70. The zero-order valence-electron chi connectivity index (χ0n) is 17.8. The maximum atomic E-state index is 12.0. The molecule has 0 radical (unpaired) electrons. The van der Waals surface area contributed by atoms with Crippen molar-refractivity contribution in [3.8, 4) is 5.82 Å². The van der Waals surface area contributed by atoms with Gasteiger partial charge in [-0.1, -0.05) is 17.7 Å². The van der Waals surface area contributed by atoms with Crippen LogP contribution in [-0.4, -0.2) is 32.4 Å². The Labute approximate surface area is 175 Å². The Balaban J connectivity index is 1.69. The molecule has 1 aromatic carbocycles. The van der Waals surface area contributed by atoms with Crippen LogP contribution in [0, 0.1) is 20.8 Å². The summed E-state index contributed by atoms with van der Waals surface area (Å²) >= 11 is 0. The van der Waals surface area contributed by atoms with E-state index in [2.05, 4.69) is 39.4 Å². The third-order valence-corrected chi connectivity index (χ3v) is 4.72. The number of benzene rings is 1. The third kappa shape index (κ3) is 4.48. The molecule has 3 rings (SSSR count). The first kappa shape index (κ1) is 21.0. The van der Waals surface area contributed by atoms with Gasteiger partial charge in [0.05, 0.1) is 12.4 Å². The smallest absolute Gasteiger partial charge is 0.318 e. The van der Waals surface area contributed by atoms with Crippen LogP contribution in [0.25, 0.3) is 5.82 Å². The van der Waals surface area contributed by atoms with Crippen molar-refractivity contribution in [1.29, 1.82) is 0 Å². The molecule has 0 aliphatic carbocycles. The van der Waals surface area contributed by atoms with Gasteiger partial charge >= 0.3 is 11.8 Å². The van der Waals surface area contributed by atoms with Crippen molar-refractivity contribution in [1.82, 2.24) is 19.8 Å². The number of anilines is 1. The van der Waals surface area contributed by atoms with E-state index in [1.807, 2.05) is 49.7 Å². The summed E-state index contributed by atoms with van der Waals surface area (Å²) in [4.78, 5) is 24.0. The number of carbonyl (C=O) groups excluding carboxylic acids is 2. The first-order valence-electron chi connectivity index (χ1n) is 9.71. The maximum Gasteiger partial charge on any atom is 0.329 e. The number of hydrazone groups is 1. The van der Waals surface area contributed by atoms with E-state index in [1.54, 1.807) is 18.3 Å². The molecule has 2 heterocycles. The van der Waals surface area contributed by atoms with Gasteiger partial charge in [0, 0.05) is 34.7 Å². The van der Waals surface area contributed by atoms with E-state index >= 15 is 0 Å². The monoisotopic (exact) mass is 406 g/mol. The minimum Gasteiger partial charge on any atom is -0.318 e. The Morgan fingerprint density at radius 1 is 1.07 bits per heavy atom. The lowest BCUT2D eigenvalue weighted by atomic mass is 10.2. The standard InChI is InChI=1S/C22H26N6O2/c1-14(2)28-20(10-11-24-28)27-16(4)12-18(17(27)5)13-23-26-22(30)21(29)25-19-8-6-15(3)7-9-19/h6-14H,1-5H3,(H,25,29)(H,26,30)/b23-13-. The molecule has 0 saturated carbocycles.